The molecule has 0 rings (SSSR count). The zero-order valence-electron chi connectivity index (χ0n) is 38.5. The van der Waals surface area contributed by atoms with Crippen LogP contribution in [-0.4, -0.2) is 46.1 Å². The number of hydrogen-bond donors (Lipinski definition) is 4. The first-order valence-corrected chi connectivity index (χ1v) is 25.6. The van der Waals surface area contributed by atoms with Crippen molar-refractivity contribution in [2.45, 2.75) is 295 Å². The fourth-order valence-electron chi connectivity index (χ4n) is 8.04. The van der Waals surface area contributed by atoms with Gasteiger partial charge in [0, 0.05) is 0 Å². The first-order valence-electron chi connectivity index (χ1n) is 25.6. The van der Waals surface area contributed by atoms with Gasteiger partial charge in [0.05, 0.1) is 31.3 Å². The van der Waals surface area contributed by atoms with Gasteiger partial charge in [-0.05, 0) is 44.9 Å². The van der Waals surface area contributed by atoms with E-state index in [0.29, 0.717) is 6.42 Å². The molecule has 0 aliphatic heterocycles. The minimum atomic E-state index is -0.930. The summed E-state index contributed by atoms with van der Waals surface area (Å²) in [4.78, 5) is 12.5. The number of nitrogens with one attached hydrogen (secondary N) is 1. The van der Waals surface area contributed by atoms with Crippen molar-refractivity contribution in [3.8, 4) is 0 Å². The summed E-state index contributed by atoms with van der Waals surface area (Å²) in [5.41, 5.74) is 0. The lowest BCUT2D eigenvalue weighted by Crippen LogP contribution is -2.45. The summed E-state index contributed by atoms with van der Waals surface area (Å²) in [7, 11) is 0. The maximum Gasteiger partial charge on any atom is 0.222 e. The quantitative estimate of drug-likeness (QED) is 0.0364. The smallest absolute Gasteiger partial charge is 0.222 e. The van der Waals surface area contributed by atoms with Crippen molar-refractivity contribution in [3.63, 3.8) is 0 Å². The molecule has 0 fully saturated rings. The van der Waals surface area contributed by atoms with Crippen molar-refractivity contribution in [1.29, 1.82) is 0 Å². The highest BCUT2D eigenvalue weighted by atomic mass is 16.3. The Balaban J connectivity index is 3.61. The zero-order valence-corrected chi connectivity index (χ0v) is 38.5. The van der Waals surface area contributed by atoms with Crippen molar-refractivity contribution >= 4 is 5.91 Å². The first-order chi connectivity index (χ1) is 28.0. The van der Waals surface area contributed by atoms with E-state index in [0.717, 1.165) is 38.5 Å². The SMILES string of the molecule is CCCCCCCCCCCCC/C=C\CCCCCCCC(O)CC(=O)NC(CO)C(O)/C=C/CCCCCCCCCCCCCCCCCCCCCC. The summed E-state index contributed by atoms with van der Waals surface area (Å²) in [6, 6.07) is -0.746. The van der Waals surface area contributed by atoms with E-state index >= 15 is 0 Å². The topological polar surface area (TPSA) is 89.8 Å². The number of carbonyl (C=O) groups excluding carboxylic acids is 1. The van der Waals surface area contributed by atoms with Gasteiger partial charge < -0.3 is 20.6 Å². The van der Waals surface area contributed by atoms with E-state index in [1.165, 1.54) is 212 Å². The molecule has 5 heteroatoms. The minimum Gasteiger partial charge on any atom is -0.394 e. The molecule has 0 saturated heterocycles. The Morgan fingerprint density at radius 3 is 1.07 bits per heavy atom. The zero-order chi connectivity index (χ0) is 41.5. The van der Waals surface area contributed by atoms with Gasteiger partial charge in [-0.25, -0.2) is 0 Å². The molecule has 0 saturated carbocycles. The molecule has 1 amide bonds. The van der Waals surface area contributed by atoms with Gasteiger partial charge in [-0.3, -0.25) is 4.79 Å². The molecule has 0 radical (unpaired) electrons. The summed E-state index contributed by atoms with van der Waals surface area (Å²) in [6.45, 7) is 4.24. The van der Waals surface area contributed by atoms with Crippen LogP contribution in [0.5, 0.6) is 0 Å². The molecule has 0 aromatic heterocycles. The Labute approximate surface area is 356 Å². The number of aliphatic hydroxyl groups is 3. The summed E-state index contributed by atoms with van der Waals surface area (Å²) in [6.07, 6.45) is 59.1. The summed E-state index contributed by atoms with van der Waals surface area (Å²) >= 11 is 0. The predicted octanol–water partition coefficient (Wildman–Crippen LogP) is 15.3. The third-order valence-electron chi connectivity index (χ3n) is 12.0. The number of hydrogen-bond acceptors (Lipinski definition) is 4. The fraction of sp³-hybridized carbons (Fsp3) is 0.904. The lowest BCUT2D eigenvalue weighted by atomic mass is 10.0. The van der Waals surface area contributed by atoms with Gasteiger partial charge in [-0.15, -0.1) is 0 Å². The van der Waals surface area contributed by atoms with Crippen LogP contribution in [0, 0.1) is 0 Å². The van der Waals surface area contributed by atoms with E-state index in [9.17, 15) is 20.1 Å². The molecule has 3 unspecified atom stereocenters. The molecular formula is C52H101NO4. The number of carbonyl (C=O) groups is 1. The van der Waals surface area contributed by atoms with Gasteiger partial charge in [0.15, 0.2) is 0 Å². The van der Waals surface area contributed by atoms with E-state index in [1.807, 2.05) is 6.08 Å². The lowest BCUT2D eigenvalue weighted by molar-refractivity contribution is -0.124. The molecule has 0 aliphatic rings. The third kappa shape index (κ3) is 44.2. The van der Waals surface area contributed by atoms with E-state index in [-0.39, 0.29) is 18.9 Å². The van der Waals surface area contributed by atoms with Crippen molar-refractivity contribution in [1.82, 2.24) is 5.32 Å². The number of amides is 1. The van der Waals surface area contributed by atoms with Crippen molar-refractivity contribution in [2.75, 3.05) is 6.61 Å². The fourth-order valence-corrected chi connectivity index (χ4v) is 8.04. The molecule has 4 N–H and O–H groups in total. The molecule has 0 aliphatic carbocycles. The first kappa shape index (κ1) is 55.8. The van der Waals surface area contributed by atoms with Gasteiger partial charge in [0.25, 0.3) is 0 Å². The van der Waals surface area contributed by atoms with Gasteiger partial charge in [0.1, 0.15) is 0 Å². The number of rotatable bonds is 47. The molecule has 0 heterocycles. The van der Waals surface area contributed by atoms with Crippen LogP contribution in [0.15, 0.2) is 24.3 Å². The number of unbranched alkanes of at least 4 members (excludes halogenated alkanes) is 36. The van der Waals surface area contributed by atoms with Crippen LogP contribution in [0.2, 0.25) is 0 Å². The van der Waals surface area contributed by atoms with E-state index in [2.05, 4.69) is 31.3 Å². The third-order valence-corrected chi connectivity index (χ3v) is 12.0. The predicted molar refractivity (Wildman–Crippen MR) is 250 cm³/mol. The van der Waals surface area contributed by atoms with E-state index in [4.69, 9.17) is 0 Å². The Kier molecular flexibility index (Phi) is 46.5. The van der Waals surface area contributed by atoms with E-state index in [1.54, 1.807) is 6.08 Å². The van der Waals surface area contributed by atoms with Crippen LogP contribution >= 0.6 is 0 Å². The molecule has 0 spiro atoms. The average molecular weight is 804 g/mol. The second-order valence-corrected chi connectivity index (χ2v) is 17.8. The summed E-state index contributed by atoms with van der Waals surface area (Å²) in [5.74, 6) is -0.317. The standard InChI is InChI=1S/C52H101NO4/c1-3-5-7-9-11-13-15-17-19-21-23-25-26-28-30-32-34-36-38-40-42-44-46-51(56)50(48-54)53-52(57)47-49(55)45-43-41-39-37-35-33-31-29-27-24-22-20-18-16-14-12-10-8-6-4-2/h29,31,44,46,49-51,54-56H,3-28,30,32-43,45,47-48H2,1-2H3,(H,53,57)/b31-29-,46-44+. The molecule has 0 aromatic carbocycles. The molecule has 57 heavy (non-hydrogen) atoms. The van der Waals surface area contributed by atoms with Crippen LogP contribution in [-0.2, 0) is 4.79 Å². The van der Waals surface area contributed by atoms with Crippen molar-refractivity contribution in [2.24, 2.45) is 0 Å². The van der Waals surface area contributed by atoms with Gasteiger partial charge in [-0.1, -0.05) is 250 Å². The highest BCUT2D eigenvalue weighted by molar-refractivity contribution is 5.76. The van der Waals surface area contributed by atoms with Crippen LogP contribution in [0.3, 0.4) is 0 Å². The van der Waals surface area contributed by atoms with Gasteiger partial charge >= 0.3 is 0 Å². The molecule has 3 atom stereocenters. The Bertz CT molecular complexity index is 844. The Morgan fingerprint density at radius 2 is 0.737 bits per heavy atom. The molecule has 338 valence electrons. The van der Waals surface area contributed by atoms with Gasteiger partial charge in [-0.2, -0.15) is 0 Å². The monoisotopic (exact) mass is 804 g/mol. The number of aliphatic hydroxyl groups excluding tert-OH is 3. The Morgan fingerprint density at radius 1 is 0.439 bits per heavy atom. The largest absolute Gasteiger partial charge is 0.394 e. The second kappa shape index (κ2) is 47.5. The highest BCUT2D eigenvalue weighted by Gasteiger charge is 2.20. The van der Waals surface area contributed by atoms with Crippen molar-refractivity contribution in [3.05, 3.63) is 24.3 Å². The summed E-state index contributed by atoms with van der Waals surface area (Å²) < 4.78 is 0. The minimum absolute atomic E-state index is 0.0102. The average Bonchev–Trinajstić information content (AvgIpc) is 3.20. The normalized spacial score (nSPS) is 13.6. The maximum absolute atomic E-state index is 12.5. The lowest BCUT2D eigenvalue weighted by Gasteiger charge is -2.21. The van der Waals surface area contributed by atoms with E-state index < -0.39 is 18.2 Å². The summed E-state index contributed by atoms with van der Waals surface area (Å²) in [5, 5.41) is 33.4. The van der Waals surface area contributed by atoms with Crippen molar-refractivity contribution < 1.29 is 20.1 Å². The molecular weight excluding hydrogens is 703 g/mol. The molecule has 5 nitrogen and oxygen atoms in total. The second-order valence-electron chi connectivity index (χ2n) is 17.8. The highest BCUT2D eigenvalue weighted by Crippen LogP contribution is 2.17. The van der Waals surface area contributed by atoms with Gasteiger partial charge in [0.2, 0.25) is 5.91 Å². The maximum atomic E-state index is 12.5. The molecule has 0 aromatic rings. The molecule has 0 bridgehead atoms. The van der Waals surface area contributed by atoms with Crippen LogP contribution < -0.4 is 5.32 Å². The van der Waals surface area contributed by atoms with Crippen LogP contribution in [0.1, 0.15) is 277 Å². The van der Waals surface area contributed by atoms with Crippen LogP contribution in [0.25, 0.3) is 0 Å². The van der Waals surface area contributed by atoms with Crippen LogP contribution in [0.4, 0.5) is 0 Å². The number of allylic oxidation sites excluding steroid dienone is 3. The Hall–Kier alpha value is -1.17.